The lowest BCUT2D eigenvalue weighted by molar-refractivity contribution is -0.142. The first-order valence-corrected chi connectivity index (χ1v) is 7.36. The minimum absolute atomic E-state index is 0.00337. The minimum Gasteiger partial charge on any atom is -0.484 e. The molecule has 1 heterocycles. The molecule has 1 saturated heterocycles. The van der Waals surface area contributed by atoms with Gasteiger partial charge in [-0.05, 0) is 19.2 Å². The molecule has 1 aromatic carbocycles. The molecule has 0 bridgehead atoms. The standard InChI is InChI=1S/C16H23N3O3/c1-17(2)16(21)14-11-19(10-9-18(14)3)15(20)12-22-13-7-5-4-6-8-13/h4-8,14H,9-12H2,1-3H3/t14-/m0/s1. The molecule has 0 aliphatic carbocycles. The first kappa shape index (κ1) is 16.3. The van der Waals surface area contributed by atoms with Crippen LogP contribution in [0.3, 0.4) is 0 Å². The van der Waals surface area contributed by atoms with Crippen molar-refractivity contribution in [2.24, 2.45) is 0 Å². The van der Waals surface area contributed by atoms with Gasteiger partial charge in [-0.25, -0.2) is 0 Å². The molecular formula is C16H23N3O3. The molecule has 0 aromatic heterocycles. The highest BCUT2D eigenvalue weighted by Crippen LogP contribution is 2.12. The number of carbonyl (C=O) groups is 2. The van der Waals surface area contributed by atoms with E-state index in [0.717, 1.165) is 0 Å². The van der Waals surface area contributed by atoms with Crippen LogP contribution < -0.4 is 4.74 Å². The number of amides is 2. The number of piperazine rings is 1. The van der Waals surface area contributed by atoms with E-state index in [9.17, 15) is 9.59 Å². The molecule has 1 aromatic rings. The maximum Gasteiger partial charge on any atom is 0.260 e. The molecule has 0 saturated carbocycles. The Kier molecular flexibility index (Phi) is 5.38. The van der Waals surface area contributed by atoms with Gasteiger partial charge in [-0.15, -0.1) is 0 Å². The zero-order valence-electron chi connectivity index (χ0n) is 13.4. The third-order valence-corrected chi connectivity index (χ3v) is 3.83. The molecule has 0 N–H and O–H groups in total. The van der Waals surface area contributed by atoms with Gasteiger partial charge in [0.05, 0.1) is 0 Å². The van der Waals surface area contributed by atoms with E-state index in [4.69, 9.17) is 4.74 Å². The summed E-state index contributed by atoms with van der Waals surface area (Å²) in [7, 11) is 5.37. The fourth-order valence-electron chi connectivity index (χ4n) is 2.42. The van der Waals surface area contributed by atoms with Crippen LogP contribution in [0.1, 0.15) is 0 Å². The number of ether oxygens (including phenoxy) is 1. The predicted octanol–water partition coefficient (Wildman–Crippen LogP) is 0.296. The van der Waals surface area contributed by atoms with Crippen molar-refractivity contribution in [2.75, 3.05) is 47.4 Å². The van der Waals surface area contributed by atoms with Crippen LogP contribution in [0.4, 0.5) is 0 Å². The smallest absolute Gasteiger partial charge is 0.260 e. The molecule has 6 heteroatoms. The number of hydrogen-bond acceptors (Lipinski definition) is 4. The first-order valence-electron chi connectivity index (χ1n) is 7.36. The zero-order chi connectivity index (χ0) is 16.1. The molecule has 2 amide bonds. The molecule has 1 aliphatic rings. The summed E-state index contributed by atoms with van der Waals surface area (Å²) < 4.78 is 5.49. The highest BCUT2D eigenvalue weighted by atomic mass is 16.5. The average molecular weight is 305 g/mol. The topological polar surface area (TPSA) is 53.1 Å². The van der Waals surface area contributed by atoms with E-state index < -0.39 is 0 Å². The van der Waals surface area contributed by atoms with E-state index >= 15 is 0 Å². The van der Waals surface area contributed by atoms with Gasteiger partial charge in [0.25, 0.3) is 5.91 Å². The lowest BCUT2D eigenvalue weighted by Gasteiger charge is -2.39. The van der Waals surface area contributed by atoms with E-state index in [1.165, 1.54) is 0 Å². The highest BCUT2D eigenvalue weighted by Gasteiger charge is 2.33. The Balaban J connectivity index is 1.91. The lowest BCUT2D eigenvalue weighted by atomic mass is 10.1. The van der Waals surface area contributed by atoms with E-state index in [-0.39, 0.29) is 24.5 Å². The minimum atomic E-state index is -0.288. The second kappa shape index (κ2) is 7.26. The fourth-order valence-corrected chi connectivity index (χ4v) is 2.42. The molecule has 2 rings (SSSR count). The van der Waals surface area contributed by atoms with Crippen molar-refractivity contribution in [1.82, 2.24) is 14.7 Å². The molecule has 120 valence electrons. The molecule has 0 spiro atoms. The van der Waals surface area contributed by atoms with Gasteiger partial charge in [-0.1, -0.05) is 18.2 Å². The Morgan fingerprint density at radius 1 is 1.23 bits per heavy atom. The molecule has 0 radical (unpaired) electrons. The lowest BCUT2D eigenvalue weighted by Crippen LogP contribution is -2.59. The molecule has 1 aliphatic heterocycles. The number of rotatable bonds is 4. The number of likely N-dealkylation sites (N-methyl/N-ethyl adjacent to an activating group) is 2. The van der Waals surface area contributed by atoms with E-state index in [0.29, 0.717) is 25.4 Å². The SMILES string of the molecule is CN(C)C(=O)[C@@H]1CN(C(=O)COc2ccccc2)CCN1C. The van der Waals surface area contributed by atoms with Crippen LogP contribution in [0, 0.1) is 0 Å². The van der Waals surface area contributed by atoms with Crippen molar-refractivity contribution in [2.45, 2.75) is 6.04 Å². The molecule has 1 fully saturated rings. The van der Waals surface area contributed by atoms with E-state index in [1.807, 2.05) is 42.3 Å². The van der Waals surface area contributed by atoms with Crippen LogP contribution in [0.25, 0.3) is 0 Å². The first-order chi connectivity index (χ1) is 10.5. The van der Waals surface area contributed by atoms with Gasteiger partial charge < -0.3 is 14.5 Å². The summed E-state index contributed by atoms with van der Waals surface area (Å²) in [6.45, 7) is 1.70. The summed E-state index contributed by atoms with van der Waals surface area (Å²) in [6, 6.07) is 8.96. The molecule has 6 nitrogen and oxygen atoms in total. The summed E-state index contributed by atoms with van der Waals surface area (Å²) in [5.74, 6) is 0.600. The van der Waals surface area contributed by atoms with E-state index in [1.54, 1.807) is 23.9 Å². The average Bonchev–Trinajstić information content (AvgIpc) is 2.53. The van der Waals surface area contributed by atoms with Gasteiger partial charge >= 0.3 is 0 Å². The van der Waals surface area contributed by atoms with Crippen molar-refractivity contribution in [3.05, 3.63) is 30.3 Å². The number of nitrogens with zero attached hydrogens (tertiary/aromatic N) is 3. The van der Waals surface area contributed by atoms with E-state index in [2.05, 4.69) is 0 Å². The fraction of sp³-hybridized carbons (Fsp3) is 0.500. The maximum absolute atomic E-state index is 12.3. The predicted molar refractivity (Wildman–Crippen MR) is 83.6 cm³/mol. The third kappa shape index (κ3) is 3.98. The van der Waals surface area contributed by atoms with Gasteiger partial charge in [0, 0.05) is 33.7 Å². The largest absolute Gasteiger partial charge is 0.484 e. The Labute approximate surface area is 131 Å². The van der Waals surface area contributed by atoms with Crippen LogP contribution in [0.2, 0.25) is 0 Å². The van der Waals surface area contributed by atoms with Gasteiger partial charge in [0.1, 0.15) is 11.8 Å². The Morgan fingerprint density at radius 2 is 1.91 bits per heavy atom. The van der Waals surface area contributed by atoms with Crippen LogP contribution >= 0.6 is 0 Å². The van der Waals surface area contributed by atoms with Gasteiger partial charge in [0.2, 0.25) is 5.91 Å². The summed E-state index contributed by atoms with van der Waals surface area (Å²) in [5, 5.41) is 0. The van der Waals surface area contributed by atoms with Crippen molar-refractivity contribution >= 4 is 11.8 Å². The number of carbonyl (C=O) groups excluding carboxylic acids is 2. The van der Waals surface area contributed by atoms with Gasteiger partial charge in [-0.2, -0.15) is 0 Å². The Morgan fingerprint density at radius 3 is 2.55 bits per heavy atom. The summed E-state index contributed by atoms with van der Waals surface area (Å²) in [5.41, 5.74) is 0. The Bertz CT molecular complexity index is 519. The quantitative estimate of drug-likeness (QED) is 0.803. The summed E-state index contributed by atoms with van der Waals surface area (Å²) >= 11 is 0. The monoisotopic (exact) mass is 305 g/mol. The van der Waals surface area contributed by atoms with Crippen LogP contribution in [0.15, 0.2) is 30.3 Å². The van der Waals surface area contributed by atoms with Crippen molar-refractivity contribution in [3.8, 4) is 5.75 Å². The molecule has 1 atom stereocenters. The number of para-hydroxylation sites is 1. The second-order valence-electron chi connectivity index (χ2n) is 5.67. The summed E-state index contributed by atoms with van der Waals surface area (Å²) in [6.07, 6.45) is 0. The second-order valence-corrected chi connectivity index (χ2v) is 5.67. The number of hydrogen-bond donors (Lipinski definition) is 0. The van der Waals surface area contributed by atoms with Gasteiger partial charge in [-0.3, -0.25) is 14.5 Å². The Hall–Kier alpha value is -2.08. The normalized spacial score (nSPS) is 18.9. The van der Waals surface area contributed by atoms with Crippen molar-refractivity contribution in [1.29, 1.82) is 0 Å². The molecule has 0 unspecified atom stereocenters. The maximum atomic E-state index is 12.3. The van der Waals surface area contributed by atoms with Crippen LogP contribution in [-0.4, -0.2) is 79.9 Å². The molecule has 22 heavy (non-hydrogen) atoms. The van der Waals surface area contributed by atoms with Crippen molar-refractivity contribution in [3.63, 3.8) is 0 Å². The van der Waals surface area contributed by atoms with Crippen LogP contribution in [0.5, 0.6) is 5.75 Å². The molecular weight excluding hydrogens is 282 g/mol. The summed E-state index contributed by atoms with van der Waals surface area (Å²) in [4.78, 5) is 29.7. The van der Waals surface area contributed by atoms with Crippen LogP contribution in [-0.2, 0) is 9.59 Å². The zero-order valence-corrected chi connectivity index (χ0v) is 13.4. The highest BCUT2D eigenvalue weighted by molar-refractivity contribution is 5.84. The third-order valence-electron chi connectivity index (χ3n) is 3.83. The van der Waals surface area contributed by atoms with Gasteiger partial charge in [0.15, 0.2) is 6.61 Å². The number of benzene rings is 1. The van der Waals surface area contributed by atoms with Crippen molar-refractivity contribution < 1.29 is 14.3 Å².